The zero-order valence-corrected chi connectivity index (χ0v) is 12.1. The summed E-state index contributed by atoms with van der Waals surface area (Å²) >= 11 is 0. The molecule has 0 bridgehead atoms. The Bertz CT molecular complexity index is 300. The van der Waals surface area contributed by atoms with Crippen LogP contribution in [-0.2, 0) is 9.47 Å². The van der Waals surface area contributed by atoms with Gasteiger partial charge < -0.3 is 14.6 Å². The molecule has 3 rings (SSSR count). The molecular formula is C16H28O3. The largest absolute Gasteiger partial charge is 0.393 e. The first-order valence-corrected chi connectivity index (χ1v) is 8.15. The molecule has 3 fully saturated rings. The van der Waals surface area contributed by atoms with Crippen LogP contribution in [0.15, 0.2) is 0 Å². The van der Waals surface area contributed by atoms with E-state index in [-0.39, 0.29) is 23.9 Å². The van der Waals surface area contributed by atoms with Crippen LogP contribution in [-0.4, -0.2) is 30.2 Å². The minimum atomic E-state index is -0.113. The highest BCUT2D eigenvalue weighted by Crippen LogP contribution is 2.51. The van der Waals surface area contributed by atoms with E-state index < -0.39 is 0 Å². The van der Waals surface area contributed by atoms with Crippen LogP contribution in [0.4, 0.5) is 0 Å². The van der Waals surface area contributed by atoms with Crippen LogP contribution in [0, 0.1) is 11.3 Å². The molecule has 0 aromatic rings. The van der Waals surface area contributed by atoms with Crippen LogP contribution in [0.5, 0.6) is 0 Å². The van der Waals surface area contributed by atoms with Gasteiger partial charge in [0.1, 0.15) is 0 Å². The smallest absolute Gasteiger partial charge is 0.157 e. The van der Waals surface area contributed by atoms with E-state index in [9.17, 15) is 5.11 Å². The van der Waals surface area contributed by atoms with E-state index in [0.717, 1.165) is 32.3 Å². The van der Waals surface area contributed by atoms with Crippen molar-refractivity contribution in [3.05, 3.63) is 0 Å². The molecule has 3 aliphatic rings. The van der Waals surface area contributed by atoms with Gasteiger partial charge in [-0.25, -0.2) is 0 Å². The highest BCUT2D eigenvalue weighted by molar-refractivity contribution is 4.99. The molecule has 1 saturated heterocycles. The highest BCUT2D eigenvalue weighted by Gasteiger charge is 2.49. The fourth-order valence-electron chi connectivity index (χ4n) is 4.52. The number of aliphatic hydroxyl groups excluding tert-OH is 1. The molecular weight excluding hydrogens is 240 g/mol. The summed E-state index contributed by atoms with van der Waals surface area (Å²) in [5, 5.41) is 10.3. The fraction of sp³-hybridized carbons (Fsp3) is 1.00. The van der Waals surface area contributed by atoms with Crippen molar-refractivity contribution in [3.63, 3.8) is 0 Å². The Morgan fingerprint density at radius 3 is 2.74 bits per heavy atom. The highest BCUT2D eigenvalue weighted by atomic mass is 16.7. The summed E-state index contributed by atoms with van der Waals surface area (Å²) in [5.74, 6) is 0.434. The maximum atomic E-state index is 10.3. The predicted octanol–water partition coefficient (Wildman–Crippen LogP) is 3.25. The van der Waals surface area contributed by atoms with Gasteiger partial charge in [0.2, 0.25) is 0 Å². The van der Waals surface area contributed by atoms with Gasteiger partial charge in [-0.3, -0.25) is 0 Å². The Kier molecular flexibility index (Phi) is 4.16. The Hall–Kier alpha value is -0.120. The van der Waals surface area contributed by atoms with E-state index in [1.165, 1.54) is 32.1 Å². The first-order valence-electron chi connectivity index (χ1n) is 8.15. The molecule has 0 amide bonds. The summed E-state index contributed by atoms with van der Waals surface area (Å²) < 4.78 is 12.1. The van der Waals surface area contributed by atoms with Gasteiger partial charge in [-0.15, -0.1) is 0 Å². The second-order valence-corrected chi connectivity index (χ2v) is 6.92. The maximum Gasteiger partial charge on any atom is 0.157 e. The topological polar surface area (TPSA) is 38.7 Å². The molecule has 3 heteroatoms. The predicted molar refractivity (Wildman–Crippen MR) is 73.8 cm³/mol. The lowest BCUT2D eigenvalue weighted by molar-refractivity contribution is -0.237. The molecule has 0 spiro atoms. The van der Waals surface area contributed by atoms with Gasteiger partial charge in [0.15, 0.2) is 6.29 Å². The SMILES string of the molecule is CC12CCC[C@@H](O)[C@@H]1CCCC2OC1CCCCO1. The van der Waals surface area contributed by atoms with Crippen molar-refractivity contribution >= 4 is 0 Å². The lowest BCUT2D eigenvalue weighted by atomic mass is 9.58. The van der Waals surface area contributed by atoms with Crippen molar-refractivity contribution in [2.75, 3.05) is 6.61 Å². The van der Waals surface area contributed by atoms with Crippen molar-refractivity contribution in [1.29, 1.82) is 0 Å². The second kappa shape index (κ2) is 5.71. The third kappa shape index (κ3) is 2.70. The van der Waals surface area contributed by atoms with Crippen molar-refractivity contribution in [1.82, 2.24) is 0 Å². The first kappa shape index (κ1) is 13.8. The van der Waals surface area contributed by atoms with E-state index in [2.05, 4.69) is 6.92 Å². The van der Waals surface area contributed by atoms with Crippen LogP contribution in [0.1, 0.15) is 64.7 Å². The minimum Gasteiger partial charge on any atom is -0.393 e. The number of ether oxygens (including phenoxy) is 2. The molecule has 19 heavy (non-hydrogen) atoms. The molecule has 1 heterocycles. The van der Waals surface area contributed by atoms with Crippen LogP contribution in [0.25, 0.3) is 0 Å². The van der Waals surface area contributed by atoms with Gasteiger partial charge in [0.25, 0.3) is 0 Å². The molecule has 1 N–H and O–H groups in total. The summed E-state index contributed by atoms with van der Waals surface area (Å²) in [7, 11) is 0. The molecule has 5 atom stereocenters. The van der Waals surface area contributed by atoms with Crippen LogP contribution < -0.4 is 0 Å². The standard InChI is InChI=1S/C16H28O3/c1-16-10-5-7-13(17)12(16)6-4-8-14(16)19-15-9-2-3-11-18-15/h12-15,17H,2-11H2,1H3/t12-,13+,14?,15?,16?/m0/s1. The molecule has 0 aromatic carbocycles. The Morgan fingerprint density at radius 1 is 1.05 bits per heavy atom. The molecule has 1 aliphatic heterocycles. The monoisotopic (exact) mass is 268 g/mol. The van der Waals surface area contributed by atoms with Crippen LogP contribution >= 0.6 is 0 Å². The van der Waals surface area contributed by atoms with E-state index in [0.29, 0.717) is 5.92 Å². The minimum absolute atomic E-state index is 0.00777. The number of aliphatic hydroxyl groups is 1. The van der Waals surface area contributed by atoms with Gasteiger partial charge >= 0.3 is 0 Å². The number of hydrogen-bond donors (Lipinski definition) is 1. The summed E-state index contributed by atoms with van der Waals surface area (Å²) in [4.78, 5) is 0. The first-order chi connectivity index (χ1) is 9.20. The molecule has 3 unspecified atom stereocenters. The average molecular weight is 268 g/mol. The molecule has 0 aromatic heterocycles. The summed E-state index contributed by atoms with van der Waals surface area (Å²) in [6, 6.07) is 0. The zero-order chi connectivity index (χ0) is 13.3. The molecule has 2 saturated carbocycles. The summed E-state index contributed by atoms with van der Waals surface area (Å²) in [5.41, 5.74) is 0.163. The van der Waals surface area contributed by atoms with Crippen molar-refractivity contribution in [2.24, 2.45) is 11.3 Å². The molecule has 0 radical (unpaired) electrons. The van der Waals surface area contributed by atoms with Gasteiger partial charge in [-0.2, -0.15) is 0 Å². The van der Waals surface area contributed by atoms with Gasteiger partial charge in [-0.05, 0) is 56.3 Å². The van der Waals surface area contributed by atoms with Gasteiger partial charge in [0.05, 0.1) is 12.2 Å². The van der Waals surface area contributed by atoms with E-state index >= 15 is 0 Å². The van der Waals surface area contributed by atoms with E-state index in [1.807, 2.05) is 0 Å². The lowest BCUT2D eigenvalue weighted by Gasteiger charge is -2.52. The number of rotatable bonds is 2. The summed E-state index contributed by atoms with van der Waals surface area (Å²) in [6.07, 6.45) is 10.4. The maximum absolute atomic E-state index is 10.3. The number of hydrogen-bond acceptors (Lipinski definition) is 3. The quantitative estimate of drug-likeness (QED) is 0.835. The van der Waals surface area contributed by atoms with Crippen molar-refractivity contribution < 1.29 is 14.6 Å². The van der Waals surface area contributed by atoms with Crippen molar-refractivity contribution in [2.45, 2.75) is 83.2 Å². The molecule has 2 aliphatic carbocycles. The van der Waals surface area contributed by atoms with Gasteiger partial charge in [-0.1, -0.05) is 19.8 Å². The Labute approximate surface area is 116 Å². The number of fused-ring (bicyclic) bond motifs is 1. The lowest BCUT2D eigenvalue weighted by Crippen LogP contribution is -2.52. The zero-order valence-electron chi connectivity index (χ0n) is 12.1. The molecule has 3 nitrogen and oxygen atoms in total. The Balaban J connectivity index is 1.68. The third-order valence-electron chi connectivity index (χ3n) is 5.70. The average Bonchev–Trinajstić information content (AvgIpc) is 2.42. The van der Waals surface area contributed by atoms with Gasteiger partial charge in [0, 0.05) is 6.61 Å². The molecule has 110 valence electrons. The van der Waals surface area contributed by atoms with E-state index in [1.54, 1.807) is 0 Å². The normalized spacial score (nSPS) is 47.7. The Morgan fingerprint density at radius 2 is 1.95 bits per heavy atom. The van der Waals surface area contributed by atoms with E-state index in [4.69, 9.17) is 9.47 Å². The van der Waals surface area contributed by atoms with Crippen molar-refractivity contribution in [3.8, 4) is 0 Å². The third-order valence-corrected chi connectivity index (χ3v) is 5.70. The fourth-order valence-corrected chi connectivity index (χ4v) is 4.52. The second-order valence-electron chi connectivity index (χ2n) is 6.92. The van der Waals surface area contributed by atoms with Crippen LogP contribution in [0.2, 0.25) is 0 Å². The summed E-state index contributed by atoms with van der Waals surface area (Å²) in [6.45, 7) is 3.19. The van der Waals surface area contributed by atoms with Crippen LogP contribution in [0.3, 0.4) is 0 Å².